The van der Waals surface area contributed by atoms with Gasteiger partial charge in [-0.05, 0) is 34.4 Å². The number of aromatic hydroxyl groups is 1. The Morgan fingerprint density at radius 2 is 1.67 bits per heavy atom. The number of hydrogen-bond donors (Lipinski definition) is 2. The highest BCUT2D eigenvalue weighted by atomic mass is 79.9. The Labute approximate surface area is 163 Å². The van der Waals surface area contributed by atoms with E-state index < -0.39 is 17.7 Å². The zero-order valence-corrected chi connectivity index (χ0v) is 15.7. The van der Waals surface area contributed by atoms with E-state index in [0.717, 1.165) is 28.3 Å². The number of anilines is 1. The van der Waals surface area contributed by atoms with Crippen molar-refractivity contribution in [2.75, 3.05) is 11.9 Å². The molecule has 0 spiro atoms. The van der Waals surface area contributed by atoms with Gasteiger partial charge in [0, 0.05) is 10.4 Å². The molecule has 0 saturated carbocycles. The Morgan fingerprint density at radius 3 is 2.30 bits per heavy atom. The fourth-order valence-electron chi connectivity index (χ4n) is 3.41. The summed E-state index contributed by atoms with van der Waals surface area (Å²) in [7, 11) is 0. The number of phenols is 1. The van der Waals surface area contributed by atoms with E-state index in [0.29, 0.717) is 4.47 Å². The molecule has 1 aliphatic rings. The molecule has 0 fully saturated rings. The van der Waals surface area contributed by atoms with Crippen LogP contribution in [0.4, 0.5) is 14.9 Å². The Kier molecular flexibility index (Phi) is 4.58. The van der Waals surface area contributed by atoms with Crippen LogP contribution in [0.2, 0.25) is 0 Å². The molecule has 27 heavy (non-hydrogen) atoms. The standard InChI is InChI=1S/C21H15BrFNO3/c22-12-9-18(23)20(25)19(10-12)24-21(26)27-11-17-15-7-3-1-5-13(15)14-6-2-4-8-16(14)17/h1-10,17,25H,11H2,(H,24,26). The summed E-state index contributed by atoms with van der Waals surface area (Å²) in [5.74, 6) is -1.54. The van der Waals surface area contributed by atoms with Crippen LogP contribution in [0.15, 0.2) is 65.1 Å². The summed E-state index contributed by atoms with van der Waals surface area (Å²) in [6.07, 6.45) is -0.760. The molecule has 0 saturated heterocycles. The van der Waals surface area contributed by atoms with Crippen LogP contribution in [0.5, 0.6) is 5.75 Å². The third-order valence-electron chi connectivity index (χ3n) is 4.61. The summed E-state index contributed by atoms with van der Waals surface area (Å²) in [5.41, 5.74) is 4.41. The van der Waals surface area contributed by atoms with Gasteiger partial charge in [-0.15, -0.1) is 0 Å². The second-order valence-corrected chi connectivity index (χ2v) is 7.15. The first-order chi connectivity index (χ1) is 13.0. The van der Waals surface area contributed by atoms with Crippen molar-refractivity contribution in [1.82, 2.24) is 0 Å². The van der Waals surface area contributed by atoms with Crippen molar-refractivity contribution in [2.24, 2.45) is 0 Å². The SMILES string of the molecule is O=C(Nc1cc(Br)cc(F)c1O)OCC1c2ccccc2-c2ccccc21. The minimum absolute atomic E-state index is 0.0564. The topological polar surface area (TPSA) is 58.6 Å². The van der Waals surface area contributed by atoms with E-state index in [1.54, 1.807) is 0 Å². The summed E-state index contributed by atoms with van der Waals surface area (Å²) >= 11 is 3.12. The number of phenolic OH excluding ortho intramolecular Hbond substituents is 1. The molecule has 3 aromatic carbocycles. The highest BCUT2D eigenvalue weighted by Gasteiger charge is 2.29. The number of rotatable bonds is 3. The molecular formula is C21H15BrFNO3. The number of benzene rings is 3. The highest BCUT2D eigenvalue weighted by Crippen LogP contribution is 2.44. The number of carbonyl (C=O) groups is 1. The molecule has 0 aliphatic heterocycles. The van der Waals surface area contributed by atoms with Crippen molar-refractivity contribution in [3.63, 3.8) is 0 Å². The Morgan fingerprint density at radius 1 is 1.07 bits per heavy atom. The predicted molar refractivity (Wildman–Crippen MR) is 104 cm³/mol. The van der Waals surface area contributed by atoms with Crippen LogP contribution < -0.4 is 5.32 Å². The molecule has 0 radical (unpaired) electrons. The average molecular weight is 428 g/mol. The molecule has 1 aliphatic carbocycles. The molecule has 0 atom stereocenters. The van der Waals surface area contributed by atoms with Crippen LogP contribution in [0.1, 0.15) is 17.0 Å². The van der Waals surface area contributed by atoms with E-state index >= 15 is 0 Å². The largest absolute Gasteiger partial charge is 0.503 e. The van der Waals surface area contributed by atoms with Crippen LogP contribution in [0.25, 0.3) is 11.1 Å². The normalized spacial score (nSPS) is 12.4. The third-order valence-corrected chi connectivity index (χ3v) is 5.07. The third kappa shape index (κ3) is 3.28. The monoisotopic (exact) mass is 427 g/mol. The zero-order chi connectivity index (χ0) is 19.0. The first-order valence-corrected chi connectivity index (χ1v) is 9.14. The molecule has 0 unspecified atom stereocenters. The molecule has 2 N–H and O–H groups in total. The van der Waals surface area contributed by atoms with Gasteiger partial charge in [0.2, 0.25) is 0 Å². The number of carbonyl (C=O) groups excluding carboxylic acids is 1. The van der Waals surface area contributed by atoms with E-state index in [2.05, 4.69) is 33.4 Å². The molecule has 1 amide bonds. The van der Waals surface area contributed by atoms with Gasteiger partial charge in [-0.2, -0.15) is 0 Å². The number of hydrogen-bond acceptors (Lipinski definition) is 3. The minimum atomic E-state index is -0.835. The fourth-order valence-corrected chi connectivity index (χ4v) is 3.84. The summed E-state index contributed by atoms with van der Waals surface area (Å²) in [6.45, 7) is 0.136. The number of nitrogens with one attached hydrogen (secondary N) is 1. The zero-order valence-electron chi connectivity index (χ0n) is 14.1. The summed E-state index contributed by atoms with van der Waals surface area (Å²) in [5, 5.41) is 12.1. The van der Waals surface area contributed by atoms with E-state index in [1.165, 1.54) is 6.07 Å². The van der Waals surface area contributed by atoms with Crippen molar-refractivity contribution in [1.29, 1.82) is 0 Å². The molecule has 0 bridgehead atoms. The van der Waals surface area contributed by atoms with Crippen LogP contribution >= 0.6 is 15.9 Å². The van der Waals surface area contributed by atoms with Crippen LogP contribution in [-0.4, -0.2) is 17.8 Å². The summed E-state index contributed by atoms with van der Waals surface area (Å²) < 4.78 is 19.4. The highest BCUT2D eigenvalue weighted by molar-refractivity contribution is 9.10. The van der Waals surface area contributed by atoms with Crippen molar-refractivity contribution >= 4 is 27.7 Å². The Bertz CT molecular complexity index is 992. The van der Waals surface area contributed by atoms with Gasteiger partial charge in [0.25, 0.3) is 0 Å². The number of fused-ring (bicyclic) bond motifs is 3. The molecule has 136 valence electrons. The molecule has 0 aromatic heterocycles. The van der Waals surface area contributed by atoms with Crippen LogP contribution in [0.3, 0.4) is 0 Å². The van der Waals surface area contributed by atoms with Crippen LogP contribution in [-0.2, 0) is 4.74 Å². The predicted octanol–water partition coefficient (Wildman–Crippen LogP) is 5.65. The van der Waals surface area contributed by atoms with Crippen molar-refractivity contribution < 1.29 is 19.0 Å². The molecule has 3 aromatic rings. The summed E-state index contributed by atoms with van der Waals surface area (Å²) in [6, 6.07) is 18.5. The average Bonchev–Trinajstić information content (AvgIpc) is 2.98. The van der Waals surface area contributed by atoms with E-state index in [-0.39, 0.29) is 18.2 Å². The van der Waals surface area contributed by atoms with E-state index in [9.17, 15) is 14.3 Å². The van der Waals surface area contributed by atoms with Gasteiger partial charge in [-0.25, -0.2) is 9.18 Å². The van der Waals surface area contributed by atoms with Gasteiger partial charge >= 0.3 is 6.09 Å². The number of halogens is 2. The Hall–Kier alpha value is -2.86. The van der Waals surface area contributed by atoms with Gasteiger partial charge in [0.1, 0.15) is 6.61 Å². The fraction of sp³-hybridized carbons (Fsp3) is 0.0952. The van der Waals surface area contributed by atoms with E-state index in [1.807, 2.05) is 36.4 Å². The van der Waals surface area contributed by atoms with Crippen molar-refractivity contribution in [2.45, 2.75) is 5.92 Å². The quantitative estimate of drug-likeness (QED) is 0.530. The smallest absolute Gasteiger partial charge is 0.411 e. The number of amides is 1. The van der Waals surface area contributed by atoms with Gasteiger partial charge in [-0.1, -0.05) is 64.5 Å². The lowest BCUT2D eigenvalue weighted by atomic mass is 9.98. The maximum Gasteiger partial charge on any atom is 0.411 e. The second-order valence-electron chi connectivity index (χ2n) is 6.23. The second kappa shape index (κ2) is 7.04. The number of ether oxygens (including phenoxy) is 1. The summed E-state index contributed by atoms with van der Waals surface area (Å²) in [4.78, 5) is 12.2. The lowest BCUT2D eigenvalue weighted by Gasteiger charge is -2.15. The van der Waals surface area contributed by atoms with Gasteiger partial charge in [0.15, 0.2) is 11.6 Å². The molecule has 4 rings (SSSR count). The molecule has 0 heterocycles. The van der Waals surface area contributed by atoms with Gasteiger partial charge in [-0.3, -0.25) is 5.32 Å². The lowest BCUT2D eigenvalue weighted by molar-refractivity contribution is 0.158. The van der Waals surface area contributed by atoms with Crippen molar-refractivity contribution in [3.05, 3.63) is 82.1 Å². The van der Waals surface area contributed by atoms with Crippen LogP contribution in [0, 0.1) is 5.82 Å². The van der Waals surface area contributed by atoms with Gasteiger partial charge < -0.3 is 9.84 Å². The first kappa shape index (κ1) is 17.5. The minimum Gasteiger partial charge on any atom is -0.503 e. The molecule has 6 heteroatoms. The van der Waals surface area contributed by atoms with E-state index in [4.69, 9.17) is 4.74 Å². The Balaban J connectivity index is 1.52. The molecular weight excluding hydrogens is 413 g/mol. The lowest BCUT2D eigenvalue weighted by Crippen LogP contribution is -2.18. The van der Waals surface area contributed by atoms with Crippen molar-refractivity contribution in [3.8, 4) is 16.9 Å². The molecule has 4 nitrogen and oxygen atoms in total. The first-order valence-electron chi connectivity index (χ1n) is 8.34. The maximum absolute atomic E-state index is 13.6. The van der Waals surface area contributed by atoms with Gasteiger partial charge in [0.05, 0.1) is 5.69 Å². The maximum atomic E-state index is 13.6.